The predicted molar refractivity (Wildman–Crippen MR) is 75.4 cm³/mol. The van der Waals surface area contributed by atoms with Gasteiger partial charge in [0.15, 0.2) is 0 Å². The molecule has 0 spiro atoms. The first kappa shape index (κ1) is 16.4. The van der Waals surface area contributed by atoms with Gasteiger partial charge in [0, 0.05) is 32.8 Å². The van der Waals surface area contributed by atoms with Gasteiger partial charge in [0.2, 0.25) is 0 Å². The van der Waals surface area contributed by atoms with Gasteiger partial charge < -0.3 is 15.2 Å². The van der Waals surface area contributed by atoms with Crippen LogP contribution in [-0.2, 0) is 9.53 Å². The maximum Gasteiger partial charge on any atom is 0.310 e. The number of carbonyl (C=O) groups is 1. The summed E-state index contributed by atoms with van der Waals surface area (Å²) in [6, 6.07) is 0.411. The number of nitrogens with one attached hydrogen (secondary N) is 1. The van der Waals surface area contributed by atoms with Crippen LogP contribution in [0.1, 0.15) is 33.1 Å². The van der Waals surface area contributed by atoms with Gasteiger partial charge in [-0.3, -0.25) is 9.69 Å². The molecule has 1 fully saturated rings. The maximum absolute atomic E-state index is 11.4. The Kier molecular flexibility index (Phi) is 6.75. The highest BCUT2D eigenvalue weighted by atomic mass is 16.5. The Hall–Kier alpha value is -0.650. The van der Waals surface area contributed by atoms with Crippen LogP contribution in [0.15, 0.2) is 0 Å². The summed E-state index contributed by atoms with van der Waals surface area (Å²) >= 11 is 0. The summed E-state index contributed by atoms with van der Waals surface area (Å²) in [6.45, 7) is 8.26. The molecular formula is C14H28N2O3. The van der Waals surface area contributed by atoms with E-state index in [-0.39, 0.29) is 0 Å². The van der Waals surface area contributed by atoms with Crippen molar-refractivity contribution in [3.8, 4) is 0 Å². The molecule has 0 amide bonds. The number of aliphatic carboxylic acids is 1. The summed E-state index contributed by atoms with van der Waals surface area (Å²) in [7, 11) is 1.72. The summed E-state index contributed by atoms with van der Waals surface area (Å²) in [5.74, 6) is -0.681. The molecule has 1 saturated heterocycles. The molecule has 1 unspecified atom stereocenters. The molecule has 0 aromatic rings. The van der Waals surface area contributed by atoms with Gasteiger partial charge in [0.05, 0.1) is 12.0 Å². The number of hydrogen-bond donors (Lipinski definition) is 2. The third-order valence-corrected chi connectivity index (χ3v) is 4.42. The number of hydrogen-bond acceptors (Lipinski definition) is 4. The number of likely N-dealkylation sites (tertiary alicyclic amines) is 1. The Balaban J connectivity index is 2.38. The fraction of sp³-hybridized carbons (Fsp3) is 0.929. The van der Waals surface area contributed by atoms with Gasteiger partial charge in [-0.25, -0.2) is 0 Å². The number of rotatable bonds is 9. The summed E-state index contributed by atoms with van der Waals surface area (Å²) in [4.78, 5) is 13.8. The van der Waals surface area contributed by atoms with E-state index < -0.39 is 11.4 Å². The standard InChI is InChI=1S/C14H28N2O3/c1-4-14(5-2,13(17)18)11-15-12-6-7-16(10-12)8-9-19-3/h12,15H,4-11H2,1-3H3,(H,17,18). The van der Waals surface area contributed by atoms with Crippen LogP contribution in [0.3, 0.4) is 0 Å². The molecule has 1 aliphatic rings. The second kappa shape index (κ2) is 7.82. The van der Waals surface area contributed by atoms with Crippen molar-refractivity contribution in [3.63, 3.8) is 0 Å². The van der Waals surface area contributed by atoms with Crippen LogP contribution in [-0.4, -0.2) is 61.9 Å². The van der Waals surface area contributed by atoms with E-state index in [1.165, 1.54) is 0 Å². The van der Waals surface area contributed by atoms with Gasteiger partial charge in [0.1, 0.15) is 0 Å². The maximum atomic E-state index is 11.4. The lowest BCUT2D eigenvalue weighted by molar-refractivity contribution is -0.149. The highest BCUT2D eigenvalue weighted by Crippen LogP contribution is 2.26. The van der Waals surface area contributed by atoms with Crippen LogP contribution in [0, 0.1) is 5.41 Å². The van der Waals surface area contributed by atoms with E-state index in [0.29, 0.717) is 25.4 Å². The topological polar surface area (TPSA) is 61.8 Å². The SMILES string of the molecule is CCC(CC)(CNC1CCN(CCOC)C1)C(=O)O. The van der Waals surface area contributed by atoms with Crippen molar-refractivity contribution in [3.05, 3.63) is 0 Å². The van der Waals surface area contributed by atoms with E-state index in [1.54, 1.807) is 7.11 Å². The minimum atomic E-state index is -0.681. The first-order valence-corrected chi connectivity index (χ1v) is 7.26. The number of methoxy groups -OCH3 is 1. The Morgan fingerprint density at radius 1 is 1.47 bits per heavy atom. The molecule has 5 heteroatoms. The third-order valence-electron chi connectivity index (χ3n) is 4.42. The zero-order valence-electron chi connectivity index (χ0n) is 12.4. The third kappa shape index (κ3) is 4.44. The van der Waals surface area contributed by atoms with E-state index in [0.717, 1.165) is 32.7 Å². The van der Waals surface area contributed by atoms with Gasteiger partial charge in [-0.1, -0.05) is 13.8 Å². The van der Waals surface area contributed by atoms with Gasteiger partial charge >= 0.3 is 5.97 Å². The molecule has 0 aliphatic carbocycles. The fourth-order valence-corrected chi connectivity index (χ4v) is 2.64. The smallest absolute Gasteiger partial charge is 0.310 e. The van der Waals surface area contributed by atoms with Gasteiger partial charge in [-0.2, -0.15) is 0 Å². The molecule has 0 bridgehead atoms. The quantitative estimate of drug-likeness (QED) is 0.660. The monoisotopic (exact) mass is 272 g/mol. The van der Waals surface area contributed by atoms with Gasteiger partial charge in [-0.15, -0.1) is 0 Å². The summed E-state index contributed by atoms with van der Waals surface area (Å²) in [6.07, 6.45) is 2.44. The summed E-state index contributed by atoms with van der Waals surface area (Å²) in [5, 5.41) is 12.8. The largest absolute Gasteiger partial charge is 0.481 e. The summed E-state index contributed by atoms with van der Waals surface area (Å²) < 4.78 is 5.08. The average Bonchev–Trinajstić information content (AvgIpc) is 2.86. The van der Waals surface area contributed by atoms with Crippen LogP contribution < -0.4 is 5.32 Å². The summed E-state index contributed by atoms with van der Waals surface area (Å²) in [5.41, 5.74) is -0.611. The predicted octanol–water partition coefficient (Wildman–Crippen LogP) is 1.19. The minimum absolute atomic E-state index is 0.411. The van der Waals surface area contributed by atoms with Crippen molar-refractivity contribution in [2.45, 2.75) is 39.2 Å². The molecular weight excluding hydrogens is 244 g/mol. The molecule has 0 saturated carbocycles. The van der Waals surface area contributed by atoms with E-state index in [4.69, 9.17) is 4.74 Å². The van der Waals surface area contributed by atoms with Crippen LogP contribution >= 0.6 is 0 Å². The lowest BCUT2D eigenvalue weighted by Crippen LogP contribution is -2.44. The highest BCUT2D eigenvalue weighted by Gasteiger charge is 2.35. The molecule has 1 atom stereocenters. The van der Waals surface area contributed by atoms with Crippen LogP contribution in [0.2, 0.25) is 0 Å². The second-order valence-corrected chi connectivity index (χ2v) is 5.45. The van der Waals surface area contributed by atoms with Gasteiger partial charge in [0.25, 0.3) is 0 Å². The molecule has 5 nitrogen and oxygen atoms in total. The van der Waals surface area contributed by atoms with Crippen LogP contribution in [0.4, 0.5) is 0 Å². The fourth-order valence-electron chi connectivity index (χ4n) is 2.64. The number of ether oxygens (including phenoxy) is 1. The first-order valence-electron chi connectivity index (χ1n) is 7.26. The number of carboxylic acids is 1. The Bertz CT molecular complexity index is 280. The molecule has 2 N–H and O–H groups in total. The van der Waals surface area contributed by atoms with Crippen LogP contribution in [0.5, 0.6) is 0 Å². The lowest BCUT2D eigenvalue weighted by Gasteiger charge is -2.28. The molecule has 112 valence electrons. The molecule has 0 aromatic heterocycles. The molecule has 1 rings (SSSR count). The zero-order valence-corrected chi connectivity index (χ0v) is 12.4. The molecule has 1 heterocycles. The van der Waals surface area contributed by atoms with E-state index in [2.05, 4.69) is 10.2 Å². The van der Waals surface area contributed by atoms with Crippen molar-refractivity contribution in [2.75, 3.05) is 39.9 Å². The number of carboxylic acid groups (broad SMARTS) is 1. The van der Waals surface area contributed by atoms with E-state index in [9.17, 15) is 9.90 Å². The average molecular weight is 272 g/mol. The molecule has 0 radical (unpaired) electrons. The highest BCUT2D eigenvalue weighted by molar-refractivity contribution is 5.74. The zero-order chi connectivity index (χ0) is 14.3. The van der Waals surface area contributed by atoms with Crippen molar-refractivity contribution >= 4 is 5.97 Å². The van der Waals surface area contributed by atoms with Crippen molar-refractivity contribution < 1.29 is 14.6 Å². The second-order valence-electron chi connectivity index (χ2n) is 5.45. The molecule has 1 aliphatic heterocycles. The van der Waals surface area contributed by atoms with Crippen molar-refractivity contribution in [2.24, 2.45) is 5.41 Å². The molecule has 0 aromatic carbocycles. The first-order chi connectivity index (χ1) is 9.07. The van der Waals surface area contributed by atoms with E-state index in [1.807, 2.05) is 13.8 Å². The van der Waals surface area contributed by atoms with Crippen molar-refractivity contribution in [1.29, 1.82) is 0 Å². The Labute approximate surface area is 116 Å². The van der Waals surface area contributed by atoms with Gasteiger partial charge in [-0.05, 0) is 25.8 Å². The Morgan fingerprint density at radius 2 is 2.16 bits per heavy atom. The van der Waals surface area contributed by atoms with Crippen LogP contribution in [0.25, 0.3) is 0 Å². The lowest BCUT2D eigenvalue weighted by atomic mass is 9.82. The Morgan fingerprint density at radius 3 is 2.68 bits per heavy atom. The normalized spacial score (nSPS) is 20.9. The minimum Gasteiger partial charge on any atom is -0.481 e. The van der Waals surface area contributed by atoms with E-state index >= 15 is 0 Å². The van der Waals surface area contributed by atoms with Crippen molar-refractivity contribution in [1.82, 2.24) is 10.2 Å². The number of nitrogens with zero attached hydrogens (tertiary/aromatic N) is 1. The molecule has 19 heavy (non-hydrogen) atoms.